The number of hydrogen-bond donors (Lipinski definition) is 0. The van der Waals surface area contributed by atoms with Gasteiger partial charge in [0.15, 0.2) is 9.84 Å². The molecule has 0 bridgehead atoms. The number of fused-ring (bicyclic) bond motifs is 1. The Morgan fingerprint density at radius 3 is 2.84 bits per heavy atom. The van der Waals surface area contributed by atoms with E-state index in [9.17, 15) is 22.9 Å². The Morgan fingerprint density at radius 1 is 1.52 bits per heavy atom. The summed E-state index contributed by atoms with van der Waals surface area (Å²) in [5.41, 5.74) is -1.22. The van der Waals surface area contributed by atoms with Crippen molar-refractivity contribution < 1.29 is 22.3 Å². The number of methoxy groups -OCH3 is 1. The molecule has 3 atom stereocenters. The van der Waals surface area contributed by atoms with Crippen molar-refractivity contribution in [1.82, 2.24) is 4.90 Å². The normalized spacial score (nSPS) is 27.8. The molecule has 0 radical (unpaired) electrons. The average molecular weight is 385 g/mol. The molecule has 132 valence electrons. The van der Waals surface area contributed by atoms with Crippen LogP contribution in [0, 0.1) is 17.1 Å². The van der Waals surface area contributed by atoms with Crippen LogP contribution in [0.2, 0.25) is 5.02 Å². The predicted octanol–water partition coefficient (Wildman–Crippen LogP) is 2.05. The highest BCUT2D eigenvalue weighted by atomic mass is 35.5. The third-order valence-electron chi connectivity index (χ3n) is 4.70. The summed E-state index contributed by atoms with van der Waals surface area (Å²) in [6.45, 7) is 0. The molecular weight excluding hydrogens is 371 g/mol. The van der Waals surface area contributed by atoms with Gasteiger partial charge in [-0.05, 0) is 24.4 Å². The fraction of sp³-hybridized carbons (Fsp3) is 0.375. The molecule has 0 N–H and O–H groups in total. The monoisotopic (exact) mass is 384 g/mol. The van der Waals surface area contributed by atoms with Gasteiger partial charge in [-0.15, -0.1) is 0 Å². The minimum atomic E-state index is -4.07. The van der Waals surface area contributed by atoms with E-state index in [0.29, 0.717) is 0 Å². The molecule has 3 rings (SSSR count). The largest absolute Gasteiger partial charge is 0.467 e. The van der Waals surface area contributed by atoms with E-state index in [1.165, 1.54) is 12.0 Å². The van der Waals surface area contributed by atoms with Gasteiger partial charge in [-0.25, -0.2) is 17.6 Å². The van der Waals surface area contributed by atoms with Crippen molar-refractivity contribution >= 4 is 27.4 Å². The second-order valence-electron chi connectivity index (χ2n) is 5.96. The van der Waals surface area contributed by atoms with Crippen LogP contribution >= 0.6 is 11.6 Å². The van der Waals surface area contributed by atoms with Crippen LogP contribution < -0.4 is 0 Å². The first-order valence-electron chi connectivity index (χ1n) is 7.40. The SMILES string of the molecule is COC(=O)C12CC=CN1C(C#N)[C@H](S(=O)(=O)c1ccc(F)cc1Cl)C2. The summed E-state index contributed by atoms with van der Waals surface area (Å²) in [4.78, 5) is 13.5. The van der Waals surface area contributed by atoms with E-state index >= 15 is 0 Å². The standard InChI is InChI=1S/C16H14ClFN2O4S/c1-24-15(21)16-5-2-6-20(16)12(9-19)14(8-16)25(22,23)13-4-3-10(18)7-11(13)17/h2-4,6-7,12,14H,5,8H2,1H3/t12?,14-,16?/m1/s1. The molecule has 0 spiro atoms. The maximum atomic E-state index is 13.2. The molecule has 1 aromatic rings. The zero-order valence-corrected chi connectivity index (χ0v) is 14.7. The van der Waals surface area contributed by atoms with Gasteiger partial charge < -0.3 is 9.64 Å². The fourth-order valence-corrected chi connectivity index (χ4v) is 5.97. The minimum Gasteiger partial charge on any atom is -0.467 e. The topological polar surface area (TPSA) is 87.5 Å². The van der Waals surface area contributed by atoms with Crippen LogP contribution in [0.25, 0.3) is 0 Å². The first-order valence-corrected chi connectivity index (χ1v) is 9.32. The molecule has 0 amide bonds. The number of rotatable bonds is 3. The molecule has 25 heavy (non-hydrogen) atoms. The van der Waals surface area contributed by atoms with Crippen LogP contribution in [0.5, 0.6) is 0 Å². The highest BCUT2D eigenvalue weighted by molar-refractivity contribution is 7.92. The van der Waals surface area contributed by atoms with E-state index in [1.54, 1.807) is 12.3 Å². The number of benzene rings is 1. The molecular formula is C16H14ClFN2O4S. The first kappa shape index (κ1) is 17.7. The number of hydrogen-bond acceptors (Lipinski definition) is 6. The molecule has 1 fully saturated rings. The predicted molar refractivity (Wildman–Crippen MR) is 86.7 cm³/mol. The summed E-state index contributed by atoms with van der Waals surface area (Å²) in [5, 5.41) is 8.09. The van der Waals surface area contributed by atoms with E-state index in [4.69, 9.17) is 16.3 Å². The van der Waals surface area contributed by atoms with Crippen molar-refractivity contribution in [3.63, 3.8) is 0 Å². The maximum absolute atomic E-state index is 13.2. The van der Waals surface area contributed by atoms with Crippen molar-refractivity contribution in [2.24, 2.45) is 0 Å². The highest BCUT2D eigenvalue weighted by Crippen LogP contribution is 2.46. The van der Waals surface area contributed by atoms with Gasteiger partial charge in [-0.1, -0.05) is 17.7 Å². The second-order valence-corrected chi connectivity index (χ2v) is 8.50. The van der Waals surface area contributed by atoms with Gasteiger partial charge >= 0.3 is 5.97 Å². The Labute approximate surface area is 149 Å². The summed E-state index contributed by atoms with van der Waals surface area (Å²) in [6.07, 6.45) is 3.39. The van der Waals surface area contributed by atoms with Crippen LogP contribution in [-0.2, 0) is 19.4 Å². The van der Waals surface area contributed by atoms with E-state index in [0.717, 1.165) is 18.2 Å². The first-order chi connectivity index (χ1) is 11.8. The molecule has 2 aliphatic rings. The molecule has 0 aromatic heterocycles. The van der Waals surface area contributed by atoms with Gasteiger partial charge in [0.2, 0.25) is 0 Å². The summed E-state index contributed by atoms with van der Waals surface area (Å²) in [6, 6.07) is 3.86. The fourth-order valence-electron chi connectivity index (χ4n) is 3.54. The number of carbonyl (C=O) groups excluding carboxylic acids is 1. The van der Waals surface area contributed by atoms with Crippen LogP contribution in [0.3, 0.4) is 0 Å². The lowest BCUT2D eigenvalue weighted by molar-refractivity contribution is -0.151. The van der Waals surface area contributed by atoms with Crippen LogP contribution in [0.15, 0.2) is 35.4 Å². The highest BCUT2D eigenvalue weighted by Gasteiger charge is 2.61. The number of ether oxygens (including phenoxy) is 1. The smallest absolute Gasteiger partial charge is 0.332 e. The van der Waals surface area contributed by atoms with Crippen LogP contribution in [-0.4, -0.2) is 43.2 Å². The Morgan fingerprint density at radius 2 is 2.24 bits per heavy atom. The Bertz CT molecular complexity index is 911. The quantitative estimate of drug-likeness (QED) is 0.585. The third-order valence-corrected chi connectivity index (χ3v) is 7.32. The number of halogens is 2. The second kappa shape index (κ2) is 6.00. The van der Waals surface area contributed by atoms with Crippen LogP contribution in [0.1, 0.15) is 12.8 Å². The number of esters is 1. The lowest BCUT2D eigenvalue weighted by Gasteiger charge is -2.30. The molecule has 0 saturated carbocycles. The molecule has 2 unspecified atom stereocenters. The van der Waals surface area contributed by atoms with Crippen molar-refractivity contribution in [3.05, 3.63) is 41.3 Å². The summed E-state index contributed by atoms with van der Waals surface area (Å²) < 4.78 is 44.2. The molecule has 9 heteroatoms. The Balaban J connectivity index is 2.09. The zero-order valence-electron chi connectivity index (χ0n) is 13.1. The van der Waals surface area contributed by atoms with Gasteiger partial charge in [0.1, 0.15) is 22.6 Å². The Kier molecular flexibility index (Phi) is 4.25. The van der Waals surface area contributed by atoms with Gasteiger partial charge in [0, 0.05) is 12.8 Å². The zero-order chi connectivity index (χ0) is 18.4. The van der Waals surface area contributed by atoms with Gasteiger partial charge in [0.25, 0.3) is 0 Å². The summed E-state index contributed by atoms with van der Waals surface area (Å²) in [5.74, 6) is -1.26. The number of nitrogens with zero attached hydrogens (tertiary/aromatic N) is 2. The van der Waals surface area contributed by atoms with E-state index < -0.39 is 38.5 Å². The van der Waals surface area contributed by atoms with Crippen molar-refractivity contribution in [2.45, 2.75) is 34.6 Å². The Hall–Kier alpha value is -2.11. The van der Waals surface area contributed by atoms with E-state index in [-0.39, 0.29) is 22.8 Å². The van der Waals surface area contributed by atoms with Gasteiger partial charge in [-0.3, -0.25) is 0 Å². The van der Waals surface area contributed by atoms with E-state index in [1.807, 2.05) is 6.07 Å². The molecule has 2 aliphatic heterocycles. The van der Waals surface area contributed by atoms with Gasteiger partial charge in [0.05, 0.1) is 23.1 Å². The van der Waals surface area contributed by atoms with Crippen molar-refractivity contribution in [1.29, 1.82) is 5.26 Å². The molecule has 1 saturated heterocycles. The average Bonchev–Trinajstić information content (AvgIpc) is 3.10. The van der Waals surface area contributed by atoms with Crippen LogP contribution in [0.4, 0.5) is 4.39 Å². The lowest BCUT2D eigenvalue weighted by Crippen LogP contribution is -2.47. The van der Waals surface area contributed by atoms with Crippen molar-refractivity contribution in [2.75, 3.05) is 7.11 Å². The minimum absolute atomic E-state index is 0.110. The van der Waals surface area contributed by atoms with E-state index in [2.05, 4.69) is 0 Å². The number of sulfone groups is 1. The number of carbonyl (C=O) groups is 1. The van der Waals surface area contributed by atoms with Gasteiger partial charge in [-0.2, -0.15) is 5.26 Å². The molecule has 6 nitrogen and oxygen atoms in total. The maximum Gasteiger partial charge on any atom is 0.332 e. The third kappa shape index (κ3) is 2.50. The number of nitriles is 1. The molecule has 1 aromatic carbocycles. The molecule has 2 heterocycles. The lowest BCUT2D eigenvalue weighted by atomic mass is 9.94. The summed E-state index contributed by atoms with van der Waals surface area (Å²) in [7, 11) is -2.86. The molecule has 0 aliphatic carbocycles. The van der Waals surface area contributed by atoms with Crippen molar-refractivity contribution in [3.8, 4) is 6.07 Å². The summed E-state index contributed by atoms with van der Waals surface area (Å²) >= 11 is 5.91.